The van der Waals surface area contributed by atoms with Crippen LogP contribution in [0.5, 0.6) is 0 Å². The maximum absolute atomic E-state index is 12.5. The summed E-state index contributed by atoms with van der Waals surface area (Å²) in [6, 6.07) is 6.27. The Morgan fingerprint density at radius 2 is 1.18 bits per heavy atom. The molecule has 0 aliphatic heterocycles. The standard InChI is InChI=1S/C29H48O4/c1-4-19-25(33-29(32)27-23-18-17-22-26(27)28(30)31)21-16-14-12-10-8-6-5-7-9-11-13-15-20-24(2)3/h17-18,22-25H,4-16,19-21H2,1-3H3,(H,30,31). The van der Waals surface area contributed by atoms with E-state index in [1.165, 1.54) is 89.2 Å². The van der Waals surface area contributed by atoms with Crippen LogP contribution in [-0.2, 0) is 4.74 Å². The highest BCUT2D eigenvalue weighted by Crippen LogP contribution is 2.18. The van der Waals surface area contributed by atoms with Gasteiger partial charge in [0.1, 0.15) is 6.10 Å². The Bertz CT molecular complexity index is 653. The first-order valence-corrected chi connectivity index (χ1v) is 13.5. The SMILES string of the molecule is CCCC(CCCCCCCCCCCCCCC(C)C)OC(=O)c1ccccc1C(=O)O. The number of rotatable bonds is 20. The van der Waals surface area contributed by atoms with Crippen molar-refractivity contribution in [2.24, 2.45) is 5.92 Å². The second kappa shape index (κ2) is 18.6. The Morgan fingerprint density at radius 3 is 1.64 bits per heavy atom. The Morgan fingerprint density at radius 1 is 0.727 bits per heavy atom. The van der Waals surface area contributed by atoms with Crippen LogP contribution < -0.4 is 0 Å². The summed E-state index contributed by atoms with van der Waals surface area (Å²) < 4.78 is 5.68. The Balaban J connectivity index is 2.12. The van der Waals surface area contributed by atoms with Crippen LogP contribution in [0.3, 0.4) is 0 Å². The zero-order chi connectivity index (χ0) is 24.3. The fraction of sp³-hybridized carbons (Fsp3) is 0.724. The van der Waals surface area contributed by atoms with Crippen LogP contribution in [-0.4, -0.2) is 23.1 Å². The molecule has 33 heavy (non-hydrogen) atoms. The average Bonchev–Trinajstić information content (AvgIpc) is 2.79. The third kappa shape index (κ3) is 14.1. The van der Waals surface area contributed by atoms with Gasteiger partial charge in [0.2, 0.25) is 0 Å². The highest BCUT2D eigenvalue weighted by Gasteiger charge is 2.20. The van der Waals surface area contributed by atoms with Gasteiger partial charge in [-0.2, -0.15) is 0 Å². The van der Waals surface area contributed by atoms with E-state index in [-0.39, 0.29) is 17.2 Å². The molecule has 0 bridgehead atoms. The number of hydrogen-bond donors (Lipinski definition) is 1. The smallest absolute Gasteiger partial charge is 0.339 e. The normalized spacial score (nSPS) is 12.1. The second-order valence-corrected chi connectivity index (χ2v) is 9.88. The number of unbranched alkanes of at least 4 members (excludes halogenated alkanes) is 11. The molecule has 0 aliphatic rings. The first-order chi connectivity index (χ1) is 16.0. The van der Waals surface area contributed by atoms with Crippen LogP contribution in [0.2, 0.25) is 0 Å². The number of ether oxygens (including phenoxy) is 1. The summed E-state index contributed by atoms with van der Waals surface area (Å²) >= 11 is 0. The molecule has 4 nitrogen and oxygen atoms in total. The number of carbonyl (C=O) groups excluding carboxylic acids is 1. The van der Waals surface area contributed by atoms with E-state index in [9.17, 15) is 14.7 Å². The summed E-state index contributed by atoms with van der Waals surface area (Å²) in [7, 11) is 0. The Kier molecular flexibility index (Phi) is 16.4. The monoisotopic (exact) mass is 460 g/mol. The van der Waals surface area contributed by atoms with Crippen molar-refractivity contribution >= 4 is 11.9 Å². The fourth-order valence-electron chi connectivity index (χ4n) is 4.34. The average molecular weight is 461 g/mol. The highest BCUT2D eigenvalue weighted by molar-refractivity contribution is 6.02. The van der Waals surface area contributed by atoms with Crippen LogP contribution in [0.1, 0.15) is 144 Å². The van der Waals surface area contributed by atoms with Gasteiger partial charge >= 0.3 is 11.9 Å². The maximum atomic E-state index is 12.5. The van der Waals surface area contributed by atoms with Gasteiger partial charge in [-0.1, -0.05) is 116 Å². The van der Waals surface area contributed by atoms with Gasteiger partial charge < -0.3 is 9.84 Å². The molecule has 0 aromatic heterocycles. The molecule has 0 saturated heterocycles. The van der Waals surface area contributed by atoms with Gasteiger partial charge in [0.05, 0.1) is 11.1 Å². The molecular weight excluding hydrogens is 412 g/mol. The molecule has 1 unspecified atom stereocenters. The molecule has 0 radical (unpaired) electrons. The van der Waals surface area contributed by atoms with E-state index in [2.05, 4.69) is 20.8 Å². The van der Waals surface area contributed by atoms with E-state index in [1.54, 1.807) is 12.1 Å². The minimum Gasteiger partial charge on any atom is -0.478 e. The molecule has 0 heterocycles. The quantitative estimate of drug-likeness (QED) is 0.156. The predicted molar refractivity (Wildman–Crippen MR) is 137 cm³/mol. The van der Waals surface area contributed by atoms with Gasteiger partial charge in [-0.15, -0.1) is 0 Å². The number of esters is 1. The van der Waals surface area contributed by atoms with Gasteiger partial charge in [0.15, 0.2) is 0 Å². The minimum atomic E-state index is -1.10. The summed E-state index contributed by atoms with van der Waals surface area (Å²) in [6.45, 7) is 6.70. The number of benzene rings is 1. The van der Waals surface area contributed by atoms with Crippen LogP contribution in [0.25, 0.3) is 0 Å². The van der Waals surface area contributed by atoms with Gasteiger partial charge in [0, 0.05) is 0 Å². The largest absolute Gasteiger partial charge is 0.478 e. The van der Waals surface area contributed by atoms with E-state index < -0.39 is 11.9 Å². The van der Waals surface area contributed by atoms with E-state index in [0.717, 1.165) is 31.6 Å². The van der Waals surface area contributed by atoms with E-state index >= 15 is 0 Å². The molecule has 0 fully saturated rings. The molecule has 0 spiro atoms. The van der Waals surface area contributed by atoms with Crippen molar-refractivity contribution in [2.75, 3.05) is 0 Å². The van der Waals surface area contributed by atoms with E-state index in [4.69, 9.17) is 4.74 Å². The van der Waals surface area contributed by atoms with Gasteiger partial charge in [0.25, 0.3) is 0 Å². The third-order valence-electron chi connectivity index (χ3n) is 6.32. The molecule has 1 atom stereocenters. The zero-order valence-corrected chi connectivity index (χ0v) is 21.4. The first-order valence-electron chi connectivity index (χ1n) is 13.5. The van der Waals surface area contributed by atoms with Crippen LogP contribution >= 0.6 is 0 Å². The fourth-order valence-corrected chi connectivity index (χ4v) is 4.34. The van der Waals surface area contributed by atoms with Gasteiger partial charge in [-0.05, 0) is 37.3 Å². The minimum absolute atomic E-state index is 0.00359. The molecule has 1 aromatic rings. The van der Waals surface area contributed by atoms with Crippen LogP contribution in [0.15, 0.2) is 24.3 Å². The molecule has 0 aliphatic carbocycles. The van der Waals surface area contributed by atoms with Crippen molar-refractivity contribution in [3.05, 3.63) is 35.4 Å². The lowest BCUT2D eigenvalue weighted by atomic mass is 10.0. The third-order valence-corrected chi connectivity index (χ3v) is 6.32. The van der Waals surface area contributed by atoms with Gasteiger partial charge in [-0.3, -0.25) is 0 Å². The summed E-state index contributed by atoms with van der Waals surface area (Å²) in [5, 5.41) is 9.30. The number of carboxylic acid groups (broad SMARTS) is 1. The van der Waals surface area contributed by atoms with Crippen LogP contribution in [0.4, 0.5) is 0 Å². The molecule has 1 N–H and O–H groups in total. The lowest BCUT2D eigenvalue weighted by Crippen LogP contribution is -2.20. The van der Waals surface area contributed by atoms with Crippen molar-refractivity contribution in [3.8, 4) is 0 Å². The van der Waals surface area contributed by atoms with Gasteiger partial charge in [-0.25, -0.2) is 9.59 Å². The number of carboxylic acids is 1. The van der Waals surface area contributed by atoms with Crippen molar-refractivity contribution < 1.29 is 19.4 Å². The number of hydrogen-bond acceptors (Lipinski definition) is 3. The van der Waals surface area contributed by atoms with Crippen molar-refractivity contribution in [3.63, 3.8) is 0 Å². The molecule has 1 aromatic carbocycles. The molecule has 4 heteroatoms. The predicted octanol–water partition coefficient (Wildman–Crippen LogP) is 8.83. The topological polar surface area (TPSA) is 63.6 Å². The first kappa shape index (κ1) is 29.2. The van der Waals surface area contributed by atoms with Crippen molar-refractivity contribution in [1.29, 1.82) is 0 Å². The lowest BCUT2D eigenvalue weighted by molar-refractivity contribution is 0.0248. The Hall–Kier alpha value is -1.84. The summed E-state index contributed by atoms with van der Waals surface area (Å²) in [4.78, 5) is 23.9. The molecule has 1 rings (SSSR count). The summed E-state index contributed by atoms with van der Waals surface area (Å²) in [5.41, 5.74) is 0.144. The number of aromatic carboxylic acids is 1. The highest BCUT2D eigenvalue weighted by atomic mass is 16.5. The van der Waals surface area contributed by atoms with Crippen molar-refractivity contribution in [1.82, 2.24) is 0 Å². The molecule has 0 saturated carbocycles. The maximum Gasteiger partial charge on any atom is 0.339 e. The van der Waals surface area contributed by atoms with E-state index in [1.807, 2.05) is 0 Å². The lowest BCUT2D eigenvalue weighted by Gasteiger charge is -2.18. The summed E-state index contributed by atoms with van der Waals surface area (Å²) in [6.07, 6.45) is 19.6. The molecular formula is C29H48O4. The zero-order valence-electron chi connectivity index (χ0n) is 21.4. The Labute approximate surface area is 202 Å². The van der Waals surface area contributed by atoms with E-state index in [0.29, 0.717) is 0 Å². The second-order valence-electron chi connectivity index (χ2n) is 9.88. The summed E-state index contributed by atoms with van der Waals surface area (Å²) in [5.74, 6) is -0.776. The molecule has 188 valence electrons. The molecule has 0 amide bonds. The number of carbonyl (C=O) groups is 2. The van der Waals surface area contributed by atoms with Crippen LogP contribution in [0, 0.1) is 5.92 Å². The van der Waals surface area contributed by atoms with Crippen molar-refractivity contribution in [2.45, 2.75) is 130 Å².